The van der Waals surface area contributed by atoms with Gasteiger partial charge in [-0.25, -0.2) is 0 Å². The Morgan fingerprint density at radius 3 is 2.78 bits per heavy atom. The highest BCUT2D eigenvalue weighted by molar-refractivity contribution is 5.76. The minimum Gasteiger partial charge on any atom is -0.373 e. The van der Waals surface area contributed by atoms with E-state index in [9.17, 15) is 4.79 Å². The van der Waals surface area contributed by atoms with E-state index >= 15 is 0 Å². The van der Waals surface area contributed by atoms with E-state index in [4.69, 9.17) is 4.74 Å². The summed E-state index contributed by atoms with van der Waals surface area (Å²) < 4.78 is 9.65. The van der Waals surface area contributed by atoms with Crippen molar-refractivity contribution < 1.29 is 9.53 Å². The van der Waals surface area contributed by atoms with Crippen LogP contribution in [-0.2, 0) is 23.1 Å². The maximum Gasteiger partial charge on any atom is 0.244 e. The van der Waals surface area contributed by atoms with Crippen molar-refractivity contribution in [3.05, 3.63) is 36.4 Å². The van der Waals surface area contributed by atoms with Crippen molar-refractivity contribution in [1.29, 1.82) is 0 Å². The Hall–Kier alpha value is -2.19. The molecule has 8 nitrogen and oxygen atoms in total. The number of carbonyl (C=O) groups is 1. The average molecular weight is 372 g/mol. The highest BCUT2D eigenvalue weighted by Crippen LogP contribution is 2.31. The number of amides is 1. The van der Waals surface area contributed by atoms with Crippen LogP contribution in [0.4, 0.5) is 0 Å². The normalized spacial score (nSPS) is 24.3. The van der Waals surface area contributed by atoms with Crippen molar-refractivity contribution >= 4 is 5.91 Å². The number of ether oxygens (including phenoxy) is 1. The first kappa shape index (κ1) is 18.2. The summed E-state index contributed by atoms with van der Waals surface area (Å²) >= 11 is 0. The van der Waals surface area contributed by atoms with Crippen LogP contribution < -0.4 is 0 Å². The van der Waals surface area contributed by atoms with Crippen LogP contribution in [0.15, 0.2) is 30.9 Å². The molecule has 4 heterocycles. The third-order valence-electron chi connectivity index (χ3n) is 5.48. The number of nitrogens with zero attached hydrogens (tertiary/aromatic N) is 6. The lowest BCUT2D eigenvalue weighted by molar-refractivity contribution is -0.149. The van der Waals surface area contributed by atoms with Gasteiger partial charge in [0.05, 0.1) is 24.9 Å². The fourth-order valence-corrected chi connectivity index (χ4v) is 4.17. The summed E-state index contributed by atoms with van der Waals surface area (Å²) in [4.78, 5) is 17.5. The van der Waals surface area contributed by atoms with Crippen LogP contribution in [0.1, 0.15) is 30.9 Å². The van der Waals surface area contributed by atoms with E-state index in [1.54, 1.807) is 15.6 Å². The van der Waals surface area contributed by atoms with Gasteiger partial charge in [0, 0.05) is 44.3 Å². The summed E-state index contributed by atoms with van der Waals surface area (Å²) in [5.41, 5.74) is 1.04. The summed E-state index contributed by atoms with van der Waals surface area (Å²) in [6.07, 6.45) is 11.1. The molecule has 0 unspecified atom stereocenters. The van der Waals surface area contributed by atoms with E-state index in [2.05, 4.69) is 15.1 Å². The Labute approximate surface area is 159 Å². The van der Waals surface area contributed by atoms with Crippen LogP contribution >= 0.6 is 0 Å². The second-order valence-electron chi connectivity index (χ2n) is 7.45. The molecule has 0 aromatic carbocycles. The van der Waals surface area contributed by atoms with Crippen molar-refractivity contribution in [3.63, 3.8) is 0 Å². The van der Waals surface area contributed by atoms with E-state index in [1.165, 1.54) is 19.3 Å². The van der Waals surface area contributed by atoms with Gasteiger partial charge >= 0.3 is 0 Å². The molecule has 4 rings (SSSR count). The maximum absolute atomic E-state index is 13.1. The van der Waals surface area contributed by atoms with Crippen LogP contribution in [0.2, 0.25) is 0 Å². The number of carbonyl (C=O) groups excluding carboxylic acids is 1. The van der Waals surface area contributed by atoms with Crippen LogP contribution in [-0.4, -0.2) is 74.2 Å². The maximum atomic E-state index is 13.1. The Kier molecular flexibility index (Phi) is 5.54. The van der Waals surface area contributed by atoms with E-state index < -0.39 is 0 Å². The average Bonchev–Trinajstić information content (AvgIpc) is 3.34. The van der Waals surface area contributed by atoms with Gasteiger partial charge in [0.1, 0.15) is 6.54 Å². The van der Waals surface area contributed by atoms with Crippen molar-refractivity contribution in [2.24, 2.45) is 7.05 Å². The quantitative estimate of drug-likeness (QED) is 0.785. The largest absolute Gasteiger partial charge is 0.373 e. The zero-order valence-electron chi connectivity index (χ0n) is 15.9. The zero-order valence-corrected chi connectivity index (χ0v) is 15.9. The van der Waals surface area contributed by atoms with Crippen LogP contribution in [0.25, 0.3) is 0 Å². The summed E-state index contributed by atoms with van der Waals surface area (Å²) in [6, 6.07) is 1.72. The molecule has 2 fully saturated rings. The van der Waals surface area contributed by atoms with Gasteiger partial charge in [-0.1, -0.05) is 6.42 Å². The third-order valence-corrected chi connectivity index (χ3v) is 5.48. The molecule has 0 saturated carbocycles. The van der Waals surface area contributed by atoms with Crippen molar-refractivity contribution in [2.45, 2.75) is 38.0 Å². The molecule has 2 aromatic rings. The SMILES string of the molecule is Cn1cc([C@H]2[C@H](CN3CCCCC3)OCCN2C(=O)Cn2cccn2)cn1. The van der Waals surface area contributed by atoms with Crippen molar-refractivity contribution in [2.75, 3.05) is 32.8 Å². The first-order valence-electron chi connectivity index (χ1n) is 9.80. The molecule has 146 valence electrons. The first-order valence-corrected chi connectivity index (χ1v) is 9.80. The van der Waals surface area contributed by atoms with Gasteiger partial charge in [0.15, 0.2) is 0 Å². The Balaban J connectivity index is 1.55. The number of rotatable bonds is 5. The molecule has 0 bridgehead atoms. The highest BCUT2D eigenvalue weighted by atomic mass is 16.5. The third kappa shape index (κ3) is 4.22. The number of hydrogen-bond acceptors (Lipinski definition) is 5. The van der Waals surface area contributed by atoms with Crippen LogP contribution in [0, 0.1) is 0 Å². The van der Waals surface area contributed by atoms with Gasteiger partial charge in [0.25, 0.3) is 0 Å². The smallest absolute Gasteiger partial charge is 0.244 e. The number of hydrogen-bond donors (Lipinski definition) is 0. The molecule has 27 heavy (non-hydrogen) atoms. The lowest BCUT2D eigenvalue weighted by atomic mass is 9.99. The van der Waals surface area contributed by atoms with E-state index in [1.807, 2.05) is 36.6 Å². The van der Waals surface area contributed by atoms with Crippen LogP contribution in [0.5, 0.6) is 0 Å². The second-order valence-corrected chi connectivity index (χ2v) is 7.45. The molecule has 8 heteroatoms. The lowest BCUT2D eigenvalue weighted by Gasteiger charge is -2.43. The predicted molar refractivity (Wildman–Crippen MR) is 99.9 cm³/mol. The minimum absolute atomic E-state index is 0.0392. The molecule has 2 saturated heterocycles. The van der Waals surface area contributed by atoms with E-state index in [-0.39, 0.29) is 24.6 Å². The molecule has 2 aliphatic heterocycles. The molecular formula is C19H28N6O2. The Morgan fingerprint density at radius 2 is 2.07 bits per heavy atom. The standard InChI is InChI=1S/C19H28N6O2/c1-22-13-16(12-21-22)19-17(14-23-7-3-2-4-8-23)27-11-10-25(19)18(26)15-24-9-5-6-20-24/h5-6,9,12-13,17,19H,2-4,7-8,10-11,14-15H2,1H3/t17-,19-/m0/s1. The molecular weight excluding hydrogens is 344 g/mol. The number of likely N-dealkylation sites (tertiary alicyclic amines) is 1. The summed E-state index contributed by atoms with van der Waals surface area (Å²) in [6.45, 7) is 4.49. The topological polar surface area (TPSA) is 68.4 Å². The van der Waals surface area contributed by atoms with E-state index in [0.29, 0.717) is 13.2 Å². The summed E-state index contributed by atoms with van der Waals surface area (Å²) in [5, 5.41) is 8.51. The summed E-state index contributed by atoms with van der Waals surface area (Å²) in [7, 11) is 1.91. The highest BCUT2D eigenvalue weighted by Gasteiger charge is 2.38. The van der Waals surface area contributed by atoms with Gasteiger partial charge in [-0.15, -0.1) is 0 Å². The van der Waals surface area contributed by atoms with Crippen LogP contribution in [0.3, 0.4) is 0 Å². The number of aryl methyl sites for hydroxylation is 1. The molecule has 0 radical (unpaired) electrons. The van der Waals surface area contributed by atoms with E-state index in [0.717, 1.165) is 25.2 Å². The molecule has 2 atom stereocenters. The van der Waals surface area contributed by atoms with Gasteiger partial charge in [-0.3, -0.25) is 14.2 Å². The van der Waals surface area contributed by atoms with Gasteiger partial charge in [0.2, 0.25) is 5.91 Å². The number of piperidine rings is 1. The number of aromatic nitrogens is 4. The molecule has 0 aliphatic carbocycles. The molecule has 2 aliphatic rings. The van der Waals surface area contributed by atoms with Crippen molar-refractivity contribution in [1.82, 2.24) is 29.4 Å². The van der Waals surface area contributed by atoms with Gasteiger partial charge in [-0.05, 0) is 32.0 Å². The molecule has 1 amide bonds. The summed E-state index contributed by atoms with van der Waals surface area (Å²) in [5.74, 6) is 0.0690. The minimum atomic E-state index is -0.113. The van der Waals surface area contributed by atoms with Gasteiger partial charge < -0.3 is 14.5 Å². The monoisotopic (exact) mass is 372 g/mol. The second kappa shape index (κ2) is 8.22. The fourth-order valence-electron chi connectivity index (χ4n) is 4.17. The molecule has 2 aromatic heterocycles. The molecule has 0 spiro atoms. The first-order chi connectivity index (χ1) is 13.2. The number of morpholine rings is 1. The lowest BCUT2D eigenvalue weighted by Crippen LogP contribution is -2.53. The Bertz CT molecular complexity index is 737. The zero-order chi connectivity index (χ0) is 18.6. The molecule has 0 N–H and O–H groups in total. The predicted octanol–water partition coefficient (Wildman–Crippen LogP) is 1.07. The van der Waals surface area contributed by atoms with Gasteiger partial charge in [-0.2, -0.15) is 10.2 Å². The Morgan fingerprint density at radius 1 is 1.22 bits per heavy atom. The van der Waals surface area contributed by atoms with Crippen molar-refractivity contribution in [3.8, 4) is 0 Å². The fraction of sp³-hybridized carbons (Fsp3) is 0.632.